The molecule has 5 heterocycles. The summed E-state index contributed by atoms with van der Waals surface area (Å²) in [6.45, 7) is 1.21. The van der Waals surface area contributed by atoms with Crippen molar-refractivity contribution in [2.75, 3.05) is 30.0 Å². The number of pyridine rings is 1. The Bertz CT molecular complexity index is 1330. The zero-order chi connectivity index (χ0) is 23.2. The minimum Gasteiger partial charge on any atom is -0.376 e. The molecule has 0 spiro atoms. The number of thioether (sulfide) groups is 1. The highest BCUT2D eigenvalue weighted by atomic mass is 32.2. The van der Waals surface area contributed by atoms with Crippen molar-refractivity contribution in [1.29, 1.82) is 0 Å². The van der Waals surface area contributed by atoms with Crippen LogP contribution in [-0.4, -0.2) is 69.7 Å². The molecule has 2 atom stereocenters. The highest BCUT2D eigenvalue weighted by Crippen LogP contribution is 2.36. The molecule has 9 nitrogen and oxygen atoms in total. The summed E-state index contributed by atoms with van der Waals surface area (Å²) in [5.74, 6) is -0.0626. The van der Waals surface area contributed by atoms with Gasteiger partial charge in [0.2, 0.25) is 0 Å². The van der Waals surface area contributed by atoms with Crippen LogP contribution in [0.5, 0.6) is 0 Å². The molecule has 2 unspecified atom stereocenters. The molecule has 0 aromatic carbocycles. The Morgan fingerprint density at radius 2 is 2.15 bits per heavy atom. The van der Waals surface area contributed by atoms with E-state index >= 15 is 0 Å². The number of ether oxygens (including phenoxy) is 1. The van der Waals surface area contributed by atoms with E-state index in [2.05, 4.69) is 10.3 Å². The number of carbonyl (C=O) groups is 1. The number of hydrogen-bond acceptors (Lipinski definition) is 9. The summed E-state index contributed by atoms with van der Waals surface area (Å²) in [6, 6.07) is 4.80. The Hall–Kier alpha value is -2.28. The van der Waals surface area contributed by atoms with Gasteiger partial charge in [0, 0.05) is 19.3 Å². The van der Waals surface area contributed by atoms with E-state index in [1.165, 1.54) is 15.4 Å². The van der Waals surface area contributed by atoms with Gasteiger partial charge in [-0.1, -0.05) is 30.0 Å². The van der Waals surface area contributed by atoms with Crippen molar-refractivity contribution in [3.8, 4) is 0 Å². The van der Waals surface area contributed by atoms with Crippen LogP contribution in [0.4, 0.5) is 5.82 Å². The number of aromatic nitrogens is 2. The van der Waals surface area contributed by atoms with Crippen molar-refractivity contribution in [2.24, 2.45) is 0 Å². The van der Waals surface area contributed by atoms with Gasteiger partial charge >= 0.3 is 0 Å². The number of sulfone groups is 1. The maximum Gasteiger partial charge on any atom is 0.267 e. The van der Waals surface area contributed by atoms with Crippen molar-refractivity contribution in [3.63, 3.8) is 0 Å². The van der Waals surface area contributed by atoms with E-state index in [0.29, 0.717) is 35.4 Å². The molecular formula is C21H22N4O5S3. The van der Waals surface area contributed by atoms with E-state index < -0.39 is 15.9 Å². The Kier molecular flexibility index (Phi) is 6.02. The normalized spacial score (nSPS) is 26.1. The van der Waals surface area contributed by atoms with Crippen molar-refractivity contribution in [2.45, 2.75) is 31.4 Å². The van der Waals surface area contributed by atoms with Crippen molar-refractivity contribution in [3.05, 3.63) is 45.2 Å². The predicted octanol–water partition coefficient (Wildman–Crippen LogP) is 1.67. The van der Waals surface area contributed by atoms with E-state index in [9.17, 15) is 18.0 Å². The lowest BCUT2D eigenvalue weighted by Crippen LogP contribution is -2.39. The SMILES string of the molecule is O=C1C(=Cc2c(NCC3CCCO3)nc3ccccn3c2=O)SC(=S)N1C1CCS(=O)(=O)C1. The number of nitrogens with one attached hydrogen (secondary N) is 1. The maximum atomic E-state index is 13.3. The number of amides is 1. The molecule has 0 bridgehead atoms. The summed E-state index contributed by atoms with van der Waals surface area (Å²) < 4.78 is 31.2. The average molecular weight is 507 g/mol. The van der Waals surface area contributed by atoms with Crippen LogP contribution in [0.2, 0.25) is 0 Å². The molecule has 12 heteroatoms. The van der Waals surface area contributed by atoms with E-state index in [0.717, 1.165) is 24.6 Å². The zero-order valence-electron chi connectivity index (χ0n) is 17.6. The largest absolute Gasteiger partial charge is 0.376 e. The first-order valence-corrected chi connectivity index (χ1v) is 13.7. The minimum absolute atomic E-state index is 0.0383. The van der Waals surface area contributed by atoms with Gasteiger partial charge in [-0.05, 0) is 37.5 Å². The molecule has 1 amide bonds. The molecular weight excluding hydrogens is 484 g/mol. The number of rotatable bonds is 5. The highest BCUT2D eigenvalue weighted by molar-refractivity contribution is 8.26. The first kappa shape index (κ1) is 22.5. The Morgan fingerprint density at radius 3 is 2.88 bits per heavy atom. The molecule has 2 aromatic rings. The monoisotopic (exact) mass is 506 g/mol. The average Bonchev–Trinajstić information content (AvgIpc) is 3.49. The van der Waals surface area contributed by atoms with Gasteiger partial charge < -0.3 is 10.1 Å². The minimum atomic E-state index is -3.18. The van der Waals surface area contributed by atoms with Gasteiger partial charge in [0.25, 0.3) is 11.5 Å². The summed E-state index contributed by atoms with van der Waals surface area (Å²) in [5, 5.41) is 3.22. The fourth-order valence-corrected chi connectivity index (χ4v) is 7.37. The van der Waals surface area contributed by atoms with Crippen molar-refractivity contribution in [1.82, 2.24) is 14.3 Å². The second kappa shape index (κ2) is 8.82. The van der Waals surface area contributed by atoms with Gasteiger partial charge in [-0.25, -0.2) is 13.4 Å². The third-order valence-electron chi connectivity index (χ3n) is 5.96. The van der Waals surface area contributed by atoms with Gasteiger partial charge in [0.1, 0.15) is 15.8 Å². The summed E-state index contributed by atoms with van der Waals surface area (Å²) in [6.07, 6.45) is 5.45. The number of nitrogens with zero attached hydrogens (tertiary/aromatic N) is 3. The van der Waals surface area contributed by atoms with Gasteiger partial charge in [0.05, 0.1) is 34.1 Å². The molecule has 3 aliphatic heterocycles. The lowest BCUT2D eigenvalue weighted by Gasteiger charge is -2.20. The lowest BCUT2D eigenvalue weighted by atomic mass is 10.2. The first-order valence-electron chi connectivity index (χ1n) is 10.7. The van der Waals surface area contributed by atoms with Gasteiger partial charge in [-0.2, -0.15) is 0 Å². The van der Waals surface area contributed by atoms with Gasteiger partial charge in [-0.15, -0.1) is 0 Å². The Morgan fingerprint density at radius 1 is 1.30 bits per heavy atom. The molecule has 0 saturated carbocycles. The summed E-state index contributed by atoms with van der Waals surface area (Å²) in [7, 11) is -3.18. The van der Waals surface area contributed by atoms with Crippen LogP contribution in [-0.2, 0) is 19.4 Å². The molecule has 3 aliphatic rings. The molecule has 3 saturated heterocycles. The topological polar surface area (TPSA) is 110 Å². The quantitative estimate of drug-likeness (QED) is 0.478. The van der Waals surface area contributed by atoms with E-state index in [-0.39, 0.29) is 39.5 Å². The summed E-state index contributed by atoms with van der Waals surface area (Å²) in [4.78, 5) is 32.7. The molecule has 174 valence electrons. The van der Waals surface area contributed by atoms with E-state index in [1.54, 1.807) is 24.4 Å². The second-order valence-electron chi connectivity index (χ2n) is 8.23. The first-order chi connectivity index (χ1) is 15.8. The fraction of sp³-hybridized carbons (Fsp3) is 0.429. The number of anilines is 1. The Balaban J connectivity index is 1.51. The zero-order valence-corrected chi connectivity index (χ0v) is 20.0. The van der Waals surface area contributed by atoms with Gasteiger partial charge in [-0.3, -0.25) is 18.9 Å². The number of carbonyl (C=O) groups excluding carboxylic acids is 1. The lowest BCUT2D eigenvalue weighted by molar-refractivity contribution is -0.123. The molecule has 0 aliphatic carbocycles. The fourth-order valence-electron chi connectivity index (χ4n) is 4.29. The van der Waals surface area contributed by atoms with Crippen molar-refractivity contribution >= 4 is 61.6 Å². The number of fused-ring (bicyclic) bond motifs is 1. The van der Waals surface area contributed by atoms with E-state index in [1.807, 2.05) is 0 Å². The second-order valence-corrected chi connectivity index (χ2v) is 12.1. The predicted molar refractivity (Wildman–Crippen MR) is 131 cm³/mol. The third kappa shape index (κ3) is 4.44. The van der Waals surface area contributed by atoms with E-state index in [4.69, 9.17) is 17.0 Å². The number of thiocarbonyl (C=S) groups is 1. The van der Waals surface area contributed by atoms with Crippen LogP contribution in [0.3, 0.4) is 0 Å². The van der Waals surface area contributed by atoms with Crippen LogP contribution in [0.25, 0.3) is 11.7 Å². The van der Waals surface area contributed by atoms with Crippen LogP contribution in [0.15, 0.2) is 34.1 Å². The molecule has 2 aromatic heterocycles. The van der Waals surface area contributed by atoms with Crippen molar-refractivity contribution < 1.29 is 17.9 Å². The van der Waals surface area contributed by atoms with Crippen LogP contribution < -0.4 is 10.9 Å². The van der Waals surface area contributed by atoms with Gasteiger partial charge in [0.15, 0.2) is 9.84 Å². The smallest absolute Gasteiger partial charge is 0.267 e. The van der Waals surface area contributed by atoms with Crippen LogP contribution in [0, 0.1) is 0 Å². The Labute approximate surface area is 200 Å². The third-order valence-corrected chi connectivity index (χ3v) is 9.04. The standard InChI is InChI=1S/C21H22N4O5S3/c26-19-15(10-16-20(27)25(21(31)32-16)13-6-9-33(28,29)12-13)18(22-11-14-4-3-8-30-14)23-17-5-1-2-7-24(17)19/h1-2,5,7,10,13-14,22H,3-4,6,8-9,11-12H2. The molecule has 0 radical (unpaired) electrons. The number of hydrogen-bond donors (Lipinski definition) is 1. The van der Waals surface area contributed by atoms with Crippen LogP contribution >= 0.6 is 24.0 Å². The summed E-state index contributed by atoms with van der Waals surface area (Å²) in [5.41, 5.74) is 0.415. The molecule has 5 rings (SSSR count). The molecule has 1 N–H and O–H groups in total. The maximum absolute atomic E-state index is 13.3. The highest BCUT2D eigenvalue weighted by Gasteiger charge is 2.42. The summed E-state index contributed by atoms with van der Waals surface area (Å²) >= 11 is 6.47. The molecule has 33 heavy (non-hydrogen) atoms. The van der Waals surface area contributed by atoms with Crippen LogP contribution in [0.1, 0.15) is 24.8 Å². The molecule has 3 fully saturated rings.